The molecule has 2 rings (SSSR count). The Bertz CT molecular complexity index is 334. The van der Waals surface area contributed by atoms with E-state index >= 15 is 0 Å². The first-order chi connectivity index (χ1) is 6.79. The first kappa shape index (κ1) is 9.02. The molecule has 1 unspecified atom stereocenters. The van der Waals surface area contributed by atoms with Crippen LogP contribution in [0.5, 0.6) is 0 Å². The Morgan fingerprint density at radius 3 is 2.64 bits per heavy atom. The summed E-state index contributed by atoms with van der Waals surface area (Å²) in [5, 5.41) is 2.72. The monoisotopic (exact) mass is 192 g/mol. The van der Waals surface area contributed by atoms with Crippen LogP contribution in [0.2, 0.25) is 0 Å². The van der Waals surface area contributed by atoms with Crippen LogP contribution >= 0.6 is 0 Å². The summed E-state index contributed by atoms with van der Waals surface area (Å²) in [4.78, 5) is 10.8. The van der Waals surface area contributed by atoms with Gasteiger partial charge in [0.05, 0.1) is 6.04 Å². The van der Waals surface area contributed by atoms with Gasteiger partial charge in [-0.15, -0.1) is 0 Å². The van der Waals surface area contributed by atoms with Gasteiger partial charge >= 0.3 is 6.09 Å². The fourth-order valence-corrected chi connectivity index (χ4v) is 1.45. The molecule has 1 aliphatic heterocycles. The van der Waals surface area contributed by atoms with Crippen LogP contribution in [-0.2, 0) is 11.3 Å². The van der Waals surface area contributed by atoms with E-state index in [0.29, 0.717) is 13.2 Å². The topological polar surface area (TPSA) is 64.3 Å². The van der Waals surface area contributed by atoms with Gasteiger partial charge in [-0.25, -0.2) is 4.79 Å². The average molecular weight is 192 g/mol. The summed E-state index contributed by atoms with van der Waals surface area (Å²) in [6, 6.07) is 7.82. The van der Waals surface area contributed by atoms with Gasteiger partial charge in [-0.3, -0.25) is 0 Å². The minimum Gasteiger partial charge on any atom is -0.447 e. The molecule has 1 aromatic carbocycles. The van der Waals surface area contributed by atoms with Crippen molar-refractivity contribution < 1.29 is 9.53 Å². The van der Waals surface area contributed by atoms with E-state index in [4.69, 9.17) is 10.5 Å². The van der Waals surface area contributed by atoms with Crippen molar-refractivity contribution in [1.29, 1.82) is 0 Å². The maximum Gasteiger partial charge on any atom is 0.407 e. The number of nitrogens with one attached hydrogen (secondary N) is 1. The van der Waals surface area contributed by atoms with Crippen molar-refractivity contribution >= 4 is 6.09 Å². The van der Waals surface area contributed by atoms with Gasteiger partial charge in [0.2, 0.25) is 0 Å². The highest BCUT2D eigenvalue weighted by Gasteiger charge is 2.23. The lowest BCUT2D eigenvalue weighted by Crippen LogP contribution is -2.18. The predicted molar refractivity (Wildman–Crippen MR) is 51.6 cm³/mol. The zero-order chi connectivity index (χ0) is 9.97. The summed E-state index contributed by atoms with van der Waals surface area (Å²) in [6.45, 7) is 0.939. The number of rotatable bonds is 2. The molecule has 4 nitrogen and oxygen atoms in total. The summed E-state index contributed by atoms with van der Waals surface area (Å²) >= 11 is 0. The van der Waals surface area contributed by atoms with Gasteiger partial charge in [0.25, 0.3) is 0 Å². The highest BCUT2D eigenvalue weighted by atomic mass is 16.6. The molecule has 3 N–H and O–H groups in total. The number of nitrogens with two attached hydrogens (primary N) is 1. The standard InChI is InChI=1S/C10H12N2O2/c11-5-7-1-3-8(4-2-7)9-6-14-10(13)12-9/h1-4,9H,5-6,11H2,(H,12,13). The van der Waals surface area contributed by atoms with Crippen molar-refractivity contribution in [2.75, 3.05) is 6.61 Å². The van der Waals surface area contributed by atoms with Crippen molar-refractivity contribution in [1.82, 2.24) is 5.32 Å². The largest absolute Gasteiger partial charge is 0.447 e. The fraction of sp³-hybridized carbons (Fsp3) is 0.300. The molecule has 1 fully saturated rings. The van der Waals surface area contributed by atoms with Gasteiger partial charge in [-0.1, -0.05) is 24.3 Å². The van der Waals surface area contributed by atoms with Crippen LogP contribution in [0, 0.1) is 0 Å². The molecular formula is C10H12N2O2. The Labute approximate surface area is 82.1 Å². The molecule has 14 heavy (non-hydrogen) atoms. The Kier molecular flexibility index (Phi) is 2.37. The first-order valence-corrected chi connectivity index (χ1v) is 4.52. The van der Waals surface area contributed by atoms with E-state index in [0.717, 1.165) is 11.1 Å². The Morgan fingerprint density at radius 1 is 1.43 bits per heavy atom. The van der Waals surface area contributed by atoms with E-state index in [2.05, 4.69) is 5.32 Å². The van der Waals surface area contributed by atoms with Crippen molar-refractivity contribution in [2.24, 2.45) is 5.73 Å². The lowest BCUT2D eigenvalue weighted by atomic mass is 10.1. The number of cyclic esters (lactones) is 1. The summed E-state index contributed by atoms with van der Waals surface area (Å²) in [5.74, 6) is 0. The molecule has 0 aromatic heterocycles. The lowest BCUT2D eigenvalue weighted by Gasteiger charge is -2.07. The zero-order valence-corrected chi connectivity index (χ0v) is 7.69. The number of ether oxygens (including phenoxy) is 1. The summed E-state index contributed by atoms with van der Waals surface area (Å²) in [6.07, 6.45) is -0.349. The molecule has 0 aliphatic carbocycles. The molecule has 1 aromatic rings. The van der Waals surface area contributed by atoms with Crippen molar-refractivity contribution in [3.05, 3.63) is 35.4 Å². The van der Waals surface area contributed by atoms with Crippen LogP contribution in [0.1, 0.15) is 17.2 Å². The quantitative estimate of drug-likeness (QED) is 0.732. The summed E-state index contributed by atoms with van der Waals surface area (Å²) in [5.41, 5.74) is 7.61. The molecule has 1 saturated heterocycles. The van der Waals surface area contributed by atoms with E-state index in [1.54, 1.807) is 0 Å². The third-order valence-electron chi connectivity index (χ3n) is 2.29. The third kappa shape index (κ3) is 1.70. The molecule has 1 aliphatic rings. The van der Waals surface area contributed by atoms with E-state index < -0.39 is 0 Å². The predicted octanol–water partition coefficient (Wildman–Crippen LogP) is 0.926. The number of carbonyl (C=O) groups excluding carboxylic acids is 1. The average Bonchev–Trinajstić information content (AvgIpc) is 2.65. The lowest BCUT2D eigenvalue weighted by molar-refractivity contribution is 0.177. The van der Waals surface area contributed by atoms with Gasteiger partial charge < -0.3 is 15.8 Å². The fourth-order valence-electron chi connectivity index (χ4n) is 1.45. The van der Waals surface area contributed by atoms with Gasteiger partial charge in [0.15, 0.2) is 0 Å². The summed E-state index contributed by atoms with van der Waals surface area (Å²) in [7, 11) is 0. The normalized spacial score (nSPS) is 20.4. The molecule has 1 amide bonds. The van der Waals surface area contributed by atoms with Crippen LogP contribution in [-0.4, -0.2) is 12.7 Å². The highest BCUT2D eigenvalue weighted by Crippen LogP contribution is 2.18. The van der Waals surface area contributed by atoms with Crippen LogP contribution in [0.25, 0.3) is 0 Å². The van der Waals surface area contributed by atoms with Crippen LogP contribution in [0.15, 0.2) is 24.3 Å². The van der Waals surface area contributed by atoms with Gasteiger partial charge in [-0.05, 0) is 11.1 Å². The van der Waals surface area contributed by atoms with Gasteiger partial charge in [0, 0.05) is 6.54 Å². The molecule has 0 spiro atoms. The highest BCUT2D eigenvalue weighted by molar-refractivity contribution is 5.70. The van der Waals surface area contributed by atoms with E-state index in [-0.39, 0.29) is 12.1 Å². The second-order valence-electron chi connectivity index (χ2n) is 3.24. The van der Waals surface area contributed by atoms with E-state index in [9.17, 15) is 4.79 Å². The molecule has 1 atom stereocenters. The number of amides is 1. The molecule has 0 saturated carbocycles. The molecule has 4 heteroatoms. The number of hydrogen-bond donors (Lipinski definition) is 2. The first-order valence-electron chi connectivity index (χ1n) is 4.52. The Balaban J connectivity index is 2.13. The minimum absolute atomic E-state index is 0.0191. The van der Waals surface area contributed by atoms with E-state index in [1.807, 2.05) is 24.3 Å². The van der Waals surface area contributed by atoms with Gasteiger partial charge in [0.1, 0.15) is 6.61 Å². The van der Waals surface area contributed by atoms with Crippen LogP contribution in [0.4, 0.5) is 4.79 Å². The Hall–Kier alpha value is -1.55. The van der Waals surface area contributed by atoms with Crippen LogP contribution in [0.3, 0.4) is 0 Å². The molecule has 74 valence electrons. The number of alkyl carbamates (subject to hydrolysis) is 1. The minimum atomic E-state index is -0.349. The second kappa shape index (κ2) is 3.67. The third-order valence-corrected chi connectivity index (χ3v) is 2.29. The van der Waals surface area contributed by atoms with E-state index in [1.165, 1.54) is 0 Å². The van der Waals surface area contributed by atoms with Crippen LogP contribution < -0.4 is 11.1 Å². The van der Waals surface area contributed by atoms with Crippen molar-refractivity contribution in [3.8, 4) is 0 Å². The molecule has 0 bridgehead atoms. The molecule has 1 heterocycles. The number of benzene rings is 1. The summed E-state index contributed by atoms with van der Waals surface area (Å²) < 4.78 is 4.80. The zero-order valence-electron chi connectivity index (χ0n) is 7.69. The second-order valence-corrected chi connectivity index (χ2v) is 3.24. The Morgan fingerprint density at radius 2 is 2.14 bits per heavy atom. The molecular weight excluding hydrogens is 180 g/mol. The number of carbonyl (C=O) groups is 1. The maximum atomic E-state index is 10.8. The molecule has 0 radical (unpaired) electrons. The van der Waals surface area contributed by atoms with Crippen molar-refractivity contribution in [3.63, 3.8) is 0 Å². The maximum absolute atomic E-state index is 10.8. The van der Waals surface area contributed by atoms with Gasteiger partial charge in [-0.2, -0.15) is 0 Å². The SMILES string of the molecule is NCc1ccc(C2COC(=O)N2)cc1. The smallest absolute Gasteiger partial charge is 0.407 e. The van der Waals surface area contributed by atoms with Crippen molar-refractivity contribution in [2.45, 2.75) is 12.6 Å². The number of hydrogen-bond acceptors (Lipinski definition) is 3.